The molecule has 0 unspecified atom stereocenters. The Morgan fingerprint density at radius 1 is 1.32 bits per heavy atom. The molecule has 4 aromatic rings. The van der Waals surface area contributed by atoms with Crippen LogP contribution in [0.5, 0.6) is 0 Å². The molecule has 0 spiro atoms. The molecule has 28 heavy (non-hydrogen) atoms. The number of carbonyl (C=O) groups excluding carboxylic acids is 1. The summed E-state index contributed by atoms with van der Waals surface area (Å²) < 4.78 is 4.97. The van der Waals surface area contributed by atoms with Gasteiger partial charge in [-0.05, 0) is 31.2 Å². The van der Waals surface area contributed by atoms with Crippen molar-refractivity contribution in [1.82, 2.24) is 20.2 Å². The monoisotopic (exact) mass is 413 g/mol. The number of pyridine rings is 1. The lowest BCUT2D eigenvalue weighted by Gasteiger charge is -2.04. The molecule has 2 N–H and O–H groups in total. The van der Waals surface area contributed by atoms with Gasteiger partial charge in [0.05, 0.1) is 29.3 Å². The first-order valence-corrected chi connectivity index (χ1v) is 9.80. The Labute approximate surface area is 169 Å². The molecule has 0 bridgehead atoms. The van der Waals surface area contributed by atoms with Crippen molar-refractivity contribution in [1.29, 1.82) is 0 Å². The second-order valence-electron chi connectivity index (χ2n) is 5.90. The number of anilines is 2. The van der Waals surface area contributed by atoms with E-state index in [1.165, 1.54) is 11.3 Å². The predicted octanol–water partition coefficient (Wildman–Crippen LogP) is 4.58. The van der Waals surface area contributed by atoms with Crippen molar-refractivity contribution >= 4 is 50.8 Å². The molecule has 0 amide bonds. The van der Waals surface area contributed by atoms with Gasteiger partial charge in [-0.3, -0.25) is 14.9 Å². The van der Waals surface area contributed by atoms with Gasteiger partial charge in [0.1, 0.15) is 0 Å². The van der Waals surface area contributed by atoms with Crippen LogP contribution in [-0.2, 0) is 16.0 Å². The number of aromatic nitrogens is 4. The van der Waals surface area contributed by atoms with E-state index in [0.717, 1.165) is 21.3 Å². The minimum atomic E-state index is -0.264. The maximum atomic E-state index is 11.6. The van der Waals surface area contributed by atoms with E-state index in [9.17, 15) is 4.79 Å². The zero-order valence-corrected chi connectivity index (χ0v) is 16.5. The summed E-state index contributed by atoms with van der Waals surface area (Å²) in [5.41, 5.74) is 2.48. The summed E-state index contributed by atoms with van der Waals surface area (Å²) >= 11 is 7.66. The number of hydrogen-bond donors (Lipinski definition) is 2. The Bertz CT molecular complexity index is 1140. The molecular weight excluding hydrogens is 398 g/mol. The van der Waals surface area contributed by atoms with Crippen molar-refractivity contribution in [2.75, 3.05) is 11.9 Å². The van der Waals surface area contributed by atoms with E-state index in [2.05, 4.69) is 25.5 Å². The third kappa shape index (κ3) is 3.83. The molecule has 0 atom stereocenters. The Morgan fingerprint density at radius 2 is 2.21 bits per heavy atom. The SMILES string of the molecule is CCOC(=O)Cc1cnc(Nc2n[nH]c3ccc(-c4ncccc4Cl)cc23)s1. The van der Waals surface area contributed by atoms with Crippen LogP contribution >= 0.6 is 22.9 Å². The van der Waals surface area contributed by atoms with Crippen LogP contribution in [0, 0.1) is 0 Å². The molecule has 7 nitrogen and oxygen atoms in total. The average Bonchev–Trinajstić information content (AvgIpc) is 3.29. The lowest BCUT2D eigenvalue weighted by atomic mass is 10.1. The highest BCUT2D eigenvalue weighted by Crippen LogP contribution is 2.32. The van der Waals surface area contributed by atoms with Gasteiger partial charge in [-0.1, -0.05) is 17.7 Å². The van der Waals surface area contributed by atoms with E-state index >= 15 is 0 Å². The second-order valence-corrected chi connectivity index (χ2v) is 7.43. The van der Waals surface area contributed by atoms with Crippen molar-refractivity contribution in [3.8, 4) is 11.3 Å². The van der Waals surface area contributed by atoms with E-state index < -0.39 is 0 Å². The molecule has 1 aromatic carbocycles. The summed E-state index contributed by atoms with van der Waals surface area (Å²) in [7, 11) is 0. The highest BCUT2D eigenvalue weighted by molar-refractivity contribution is 7.15. The van der Waals surface area contributed by atoms with Gasteiger partial charge in [0.15, 0.2) is 10.9 Å². The zero-order valence-electron chi connectivity index (χ0n) is 14.9. The molecule has 4 rings (SSSR count). The summed E-state index contributed by atoms with van der Waals surface area (Å²) in [5, 5.41) is 12.7. The van der Waals surface area contributed by atoms with Crippen molar-refractivity contribution < 1.29 is 9.53 Å². The minimum absolute atomic E-state index is 0.205. The zero-order chi connectivity index (χ0) is 19.5. The van der Waals surface area contributed by atoms with Crippen molar-refractivity contribution in [2.24, 2.45) is 0 Å². The molecule has 9 heteroatoms. The van der Waals surface area contributed by atoms with Crippen LogP contribution in [0.4, 0.5) is 10.9 Å². The first-order chi connectivity index (χ1) is 13.6. The Hall–Kier alpha value is -2.97. The standard InChI is InChI=1S/C19H16ClN5O2S/c1-2-27-16(26)9-12-10-22-19(28-12)23-18-13-8-11(5-6-15(13)24-25-18)17-14(20)4-3-7-21-17/h3-8,10H,2,9H2,1H3,(H2,22,23,24,25). The van der Waals surface area contributed by atoms with Gasteiger partial charge < -0.3 is 10.1 Å². The molecule has 0 saturated carbocycles. The number of aromatic amines is 1. The van der Waals surface area contributed by atoms with Gasteiger partial charge in [-0.2, -0.15) is 5.10 Å². The molecule has 0 radical (unpaired) electrons. The fourth-order valence-electron chi connectivity index (χ4n) is 2.76. The van der Waals surface area contributed by atoms with Crippen LogP contribution in [0.2, 0.25) is 5.02 Å². The van der Waals surface area contributed by atoms with Crippen LogP contribution in [0.1, 0.15) is 11.8 Å². The van der Waals surface area contributed by atoms with Crippen molar-refractivity contribution in [3.05, 3.63) is 52.6 Å². The predicted molar refractivity (Wildman–Crippen MR) is 110 cm³/mol. The van der Waals surface area contributed by atoms with E-state index in [1.54, 1.807) is 25.4 Å². The van der Waals surface area contributed by atoms with Gasteiger partial charge in [0.2, 0.25) is 0 Å². The number of H-pyrrole nitrogens is 1. The Morgan fingerprint density at radius 3 is 3.04 bits per heavy atom. The molecule has 0 saturated heterocycles. The van der Waals surface area contributed by atoms with Gasteiger partial charge >= 0.3 is 5.97 Å². The number of esters is 1. The highest BCUT2D eigenvalue weighted by Gasteiger charge is 2.13. The summed E-state index contributed by atoms with van der Waals surface area (Å²) in [6, 6.07) is 9.46. The molecule has 3 aromatic heterocycles. The van der Waals surface area contributed by atoms with Crippen LogP contribution in [0.15, 0.2) is 42.7 Å². The quantitative estimate of drug-likeness (QED) is 0.449. The largest absolute Gasteiger partial charge is 0.466 e. The Kier molecular flexibility index (Phi) is 5.23. The van der Waals surface area contributed by atoms with Gasteiger partial charge in [0, 0.05) is 28.2 Å². The van der Waals surface area contributed by atoms with Crippen LogP contribution < -0.4 is 5.32 Å². The van der Waals surface area contributed by atoms with Gasteiger partial charge in [-0.15, -0.1) is 11.3 Å². The third-order valence-corrected chi connectivity index (χ3v) is 5.22. The van der Waals surface area contributed by atoms with E-state index in [4.69, 9.17) is 16.3 Å². The number of hydrogen-bond acceptors (Lipinski definition) is 7. The number of halogens is 1. The Balaban J connectivity index is 1.60. The number of nitrogens with zero attached hydrogens (tertiary/aromatic N) is 3. The van der Waals surface area contributed by atoms with Crippen LogP contribution in [0.3, 0.4) is 0 Å². The van der Waals surface area contributed by atoms with Crippen molar-refractivity contribution in [2.45, 2.75) is 13.3 Å². The van der Waals surface area contributed by atoms with E-state index in [1.807, 2.05) is 24.3 Å². The topological polar surface area (TPSA) is 92.8 Å². The molecule has 3 heterocycles. The molecule has 0 aliphatic heterocycles. The number of ether oxygens (including phenoxy) is 1. The normalized spacial score (nSPS) is 10.9. The number of benzene rings is 1. The smallest absolute Gasteiger partial charge is 0.311 e. The number of nitrogens with one attached hydrogen (secondary N) is 2. The number of rotatable bonds is 6. The lowest BCUT2D eigenvalue weighted by Crippen LogP contribution is -2.06. The summed E-state index contributed by atoms with van der Waals surface area (Å²) in [6.45, 7) is 2.15. The first kappa shape index (κ1) is 18.4. The summed E-state index contributed by atoms with van der Waals surface area (Å²) in [6.07, 6.45) is 3.58. The van der Waals surface area contributed by atoms with Gasteiger partial charge in [0.25, 0.3) is 0 Å². The molecule has 142 valence electrons. The minimum Gasteiger partial charge on any atom is -0.466 e. The highest BCUT2D eigenvalue weighted by atomic mass is 35.5. The van der Waals surface area contributed by atoms with Crippen LogP contribution in [0.25, 0.3) is 22.2 Å². The van der Waals surface area contributed by atoms with Crippen molar-refractivity contribution in [3.63, 3.8) is 0 Å². The number of fused-ring (bicyclic) bond motifs is 1. The van der Waals surface area contributed by atoms with E-state index in [-0.39, 0.29) is 12.4 Å². The average molecular weight is 414 g/mol. The fraction of sp³-hybridized carbons (Fsp3) is 0.158. The fourth-order valence-corrected chi connectivity index (χ4v) is 3.78. The number of thiazole rings is 1. The maximum absolute atomic E-state index is 11.6. The molecular formula is C19H16ClN5O2S. The molecule has 0 fully saturated rings. The van der Waals surface area contributed by atoms with E-state index in [0.29, 0.717) is 28.3 Å². The third-order valence-electron chi connectivity index (χ3n) is 4.00. The summed E-state index contributed by atoms with van der Waals surface area (Å²) in [4.78, 5) is 21.1. The first-order valence-electron chi connectivity index (χ1n) is 8.60. The number of carbonyl (C=O) groups is 1. The second kappa shape index (κ2) is 7.95. The molecule has 0 aliphatic rings. The molecule has 0 aliphatic carbocycles. The maximum Gasteiger partial charge on any atom is 0.311 e. The van der Waals surface area contributed by atoms with Gasteiger partial charge in [-0.25, -0.2) is 4.98 Å². The lowest BCUT2D eigenvalue weighted by molar-refractivity contribution is -0.142. The van der Waals surface area contributed by atoms with Crippen LogP contribution in [-0.4, -0.2) is 32.7 Å². The summed E-state index contributed by atoms with van der Waals surface area (Å²) in [5.74, 6) is 0.376.